The molecular weight excluding hydrogens is 348 g/mol. The molecule has 27 heavy (non-hydrogen) atoms. The summed E-state index contributed by atoms with van der Waals surface area (Å²) in [6.45, 7) is 6.92. The fourth-order valence-corrected chi connectivity index (χ4v) is 2.58. The zero-order valence-corrected chi connectivity index (χ0v) is 15.7. The number of hydrogen-bond acceptors (Lipinski definition) is 6. The number of carbonyl (C=O) groups is 3. The summed E-state index contributed by atoms with van der Waals surface area (Å²) < 4.78 is 5.25. The number of fused-ring (bicyclic) bond motifs is 1. The molecule has 1 aromatic carbocycles. The van der Waals surface area contributed by atoms with Gasteiger partial charge in [0.25, 0.3) is 0 Å². The number of benzene rings is 1. The van der Waals surface area contributed by atoms with Gasteiger partial charge in [-0.2, -0.15) is 0 Å². The Morgan fingerprint density at radius 2 is 1.85 bits per heavy atom. The van der Waals surface area contributed by atoms with E-state index in [0.717, 1.165) is 11.6 Å². The number of aromatic hydroxyl groups is 1. The Morgan fingerprint density at radius 1 is 1.19 bits per heavy atom. The molecule has 1 atom stereocenters. The van der Waals surface area contributed by atoms with E-state index in [1.165, 1.54) is 12.1 Å². The molecule has 6 nitrogen and oxygen atoms in total. The van der Waals surface area contributed by atoms with Gasteiger partial charge in [0.15, 0.2) is 11.6 Å². The molecular formula is C21H22O6. The molecule has 1 aliphatic carbocycles. The molecule has 0 aliphatic heterocycles. The van der Waals surface area contributed by atoms with Crippen LogP contribution in [0, 0.1) is 0 Å². The number of aliphatic hydroxyl groups is 1. The van der Waals surface area contributed by atoms with Crippen molar-refractivity contribution in [2.45, 2.75) is 40.2 Å². The zero-order chi connectivity index (χ0) is 20.3. The number of esters is 1. The van der Waals surface area contributed by atoms with Crippen LogP contribution in [0.3, 0.4) is 0 Å². The van der Waals surface area contributed by atoms with Gasteiger partial charge in [0.05, 0.1) is 17.2 Å². The van der Waals surface area contributed by atoms with Crippen LogP contribution in [-0.2, 0) is 4.79 Å². The van der Waals surface area contributed by atoms with Gasteiger partial charge in [-0.25, -0.2) is 4.79 Å². The predicted molar refractivity (Wildman–Crippen MR) is 100.0 cm³/mol. The number of phenolic OH excluding ortho intramolecular Hbond substituents is 1. The standard InChI is InChI=1S/C21H22O6/c1-5-12(4)21(26)27-17-9-8-15(23)18-16(24)10-13(20(25)19(17)18)14(22)7-6-11(2)3/h5-6,8-10,14,22-23H,7H2,1-4H3/b12-5+/t14-/m0/s1. The molecule has 0 radical (unpaired) electrons. The van der Waals surface area contributed by atoms with E-state index < -0.39 is 23.6 Å². The molecule has 142 valence electrons. The van der Waals surface area contributed by atoms with Crippen molar-refractivity contribution in [1.29, 1.82) is 0 Å². The third kappa shape index (κ3) is 4.23. The van der Waals surface area contributed by atoms with Crippen molar-refractivity contribution in [2.24, 2.45) is 0 Å². The molecule has 0 bridgehead atoms. The molecule has 0 amide bonds. The lowest BCUT2D eigenvalue weighted by Gasteiger charge is -2.21. The average molecular weight is 370 g/mol. The number of ketones is 2. The van der Waals surface area contributed by atoms with E-state index in [-0.39, 0.29) is 34.6 Å². The maximum Gasteiger partial charge on any atom is 0.338 e. The minimum Gasteiger partial charge on any atom is -0.507 e. The zero-order valence-electron chi connectivity index (χ0n) is 15.7. The summed E-state index contributed by atoms with van der Waals surface area (Å²) in [6, 6.07) is 2.45. The van der Waals surface area contributed by atoms with Gasteiger partial charge in [0.2, 0.25) is 0 Å². The monoisotopic (exact) mass is 370 g/mol. The SMILES string of the molecule is C/C=C(\C)C(=O)Oc1ccc(O)c2c1C(=O)C([C@@H](O)CC=C(C)C)=CC2=O. The second-order valence-electron chi connectivity index (χ2n) is 6.52. The Kier molecular flexibility index (Phi) is 6.13. The van der Waals surface area contributed by atoms with Crippen LogP contribution in [0.5, 0.6) is 11.5 Å². The van der Waals surface area contributed by atoms with Gasteiger partial charge in [0.1, 0.15) is 11.5 Å². The van der Waals surface area contributed by atoms with Crippen LogP contribution in [0.4, 0.5) is 0 Å². The minimum atomic E-state index is -1.19. The molecule has 0 saturated carbocycles. The Bertz CT molecular complexity index is 897. The summed E-state index contributed by atoms with van der Waals surface area (Å²) in [6.07, 6.45) is 3.30. The Labute approximate surface area is 157 Å². The molecule has 2 N–H and O–H groups in total. The molecule has 6 heteroatoms. The molecule has 2 rings (SSSR count). The maximum absolute atomic E-state index is 12.9. The van der Waals surface area contributed by atoms with Gasteiger partial charge >= 0.3 is 5.97 Å². The Balaban J connectivity index is 2.51. The van der Waals surface area contributed by atoms with Crippen molar-refractivity contribution in [3.05, 3.63) is 58.2 Å². The van der Waals surface area contributed by atoms with Crippen LogP contribution < -0.4 is 4.74 Å². The van der Waals surface area contributed by atoms with E-state index in [4.69, 9.17) is 4.74 Å². The van der Waals surface area contributed by atoms with Crippen LogP contribution >= 0.6 is 0 Å². The first kappa shape index (κ1) is 20.3. The fraction of sp³-hybridized carbons (Fsp3) is 0.286. The second-order valence-corrected chi connectivity index (χ2v) is 6.52. The molecule has 0 saturated heterocycles. The van der Waals surface area contributed by atoms with E-state index in [9.17, 15) is 24.6 Å². The molecule has 1 aliphatic rings. The van der Waals surface area contributed by atoms with E-state index >= 15 is 0 Å². The normalized spacial score (nSPS) is 15.0. The maximum atomic E-state index is 12.9. The highest BCUT2D eigenvalue weighted by molar-refractivity contribution is 6.27. The highest BCUT2D eigenvalue weighted by atomic mass is 16.5. The lowest BCUT2D eigenvalue weighted by atomic mass is 9.85. The molecule has 1 aromatic rings. The third-order valence-electron chi connectivity index (χ3n) is 4.23. The van der Waals surface area contributed by atoms with E-state index in [2.05, 4.69) is 0 Å². The quantitative estimate of drug-likeness (QED) is 0.357. The Morgan fingerprint density at radius 3 is 2.44 bits per heavy atom. The van der Waals surface area contributed by atoms with Gasteiger partial charge in [-0.3, -0.25) is 9.59 Å². The number of allylic oxidation sites excluding steroid dienone is 3. The fourth-order valence-electron chi connectivity index (χ4n) is 2.58. The number of aliphatic hydroxyl groups excluding tert-OH is 1. The summed E-state index contributed by atoms with van der Waals surface area (Å²) in [5, 5.41) is 20.4. The van der Waals surface area contributed by atoms with E-state index in [1.54, 1.807) is 26.0 Å². The summed E-state index contributed by atoms with van der Waals surface area (Å²) in [7, 11) is 0. The summed E-state index contributed by atoms with van der Waals surface area (Å²) in [4.78, 5) is 37.5. The van der Waals surface area contributed by atoms with Crippen LogP contribution in [0.2, 0.25) is 0 Å². The molecule has 0 fully saturated rings. The Hall–Kier alpha value is -2.99. The number of rotatable bonds is 5. The van der Waals surface area contributed by atoms with Gasteiger partial charge in [-0.1, -0.05) is 17.7 Å². The first-order chi connectivity index (χ1) is 12.7. The van der Waals surface area contributed by atoms with Crippen LogP contribution in [0.15, 0.2) is 47.1 Å². The van der Waals surface area contributed by atoms with Crippen LogP contribution in [-0.4, -0.2) is 33.9 Å². The second kappa shape index (κ2) is 8.14. The first-order valence-corrected chi connectivity index (χ1v) is 8.50. The molecule has 0 heterocycles. The van der Waals surface area contributed by atoms with Crippen molar-refractivity contribution < 1.29 is 29.3 Å². The lowest BCUT2D eigenvalue weighted by Crippen LogP contribution is -2.26. The number of hydrogen-bond donors (Lipinski definition) is 2. The first-order valence-electron chi connectivity index (χ1n) is 8.50. The van der Waals surface area contributed by atoms with Crippen molar-refractivity contribution >= 4 is 17.5 Å². The van der Waals surface area contributed by atoms with Crippen molar-refractivity contribution in [1.82, 2.24) is 0 Å². The minimum absolute atomic E-state index is 0.101. The van der Waals surface area contributed by atoms with Gasteiger partial charge in [-0.15, -0.1) is 0 Å². The highest BCUT2D eigenvalue weighted by Gasteiger charge is 2.34. The number of carbonyl (C=O) groups excluding carboxylic acids is 3. The number of phenols is 1. The predicted octanol–water partition coefficient (Wildman–Crippen LogP) is 3.29. The smallest absolute Gasteiger partial charge is 0.338 e. The summed E-state index contributed by atoms with van der Waals surface area (Å²) in [5.41, 5.74) is 0.729. The number of ether oxygens (including phenoxy) is 1. The van der Waals surface area contributed by atoms with Crippen LogP contribution in [0.25, 0.3) is 0 Å². The van der Waals surface area contributed by atoms with Crippen molar-refractivity contribution in [3.8, 4) is 11.5 Å². The van der Waals surface area contributed by atoms with E-state index in [1.807, 2.05) is 13.8 Å². The van der Waals surface area contributed by atoms with Crippen molar-refractivity contribution in [3.63, 3.8) is 0 Å². The summed E-state index contributed by atoms with van der Waals surface area (Å²) >= 11 is 0. The van der Waals surface area contributed by atoms with Gasteiger partial charge in [0, 0.05) is 11.1 Å². The average Bonchev–Trinajstić information content (AvgIpc) is 2.62. The third-order valence-corrected chi connectivity index (χ3v) is 4.23. The molecule has 0 spiro atoms. The lowest BCUT2D eigenvalue weighted by molar-refractivity contribution is -0.130. The topological polar surface area (TPSA) is 101 Å². The largest absolute Gasteiger partial charge is 0.507 e. The van der Waals surface area contributed by atoms with Crippen molar-refractivity contribution in [2.75, 3.05) is 0 Å². The molecule has 0 unspecified atom stereocenters. The summed E-state index contributed by atoms with van der Waals surface area (Å²) in [5.74, 6) is -2.48. The van der Waals surface area contributed by atoms with Gasteiger partial charge in [-0.05, 0) is 52.3 Å². The molecule has 0 aromatic heterocycles. The highest BCUT2D eigenvalue weighted by Crippen LogP contribution is 2.36. The van der Waals surface area contributed by atoms with Crippen LogP contribution in [0.1, 0.15) is 54.8 Å². The van der Waals surface area contributed by atoms with Gasteiger partial charge < -0.3 is 14.9 Å². The van der Waals surface area contributed by atoms with E-state index in [0.29, 0.717) is 5.57 Å². The number of Topliss-reactive ketones (excluding diaryl/α,β-unsaturated/α-hetero) is 1.